The van der Waals surface area contributed by atoms with E-state index in [-0.39, 0.29) is 29.4 Å². The summed E-state index contributed by atoms with van der Waals surface area (Å²) in [5.41, 5.74) is 4.60. The van der Waals surface area contributed by atoms with Crippen LogP contribution < -0.4 is 11.1 Å². The number of ether oxygens (including phenoxy) is 2. The van der Waals surface area contributed by atoms with Crippen LogP contribution in [0.4, 0.5) is 4.39 Å². The Kier molecular flexibility index (Phi) is 5.71. The van der Waals surface area contributed by atoms with Gasteiger partial charge in [0.1, 0.15) is 5.82 Å². The molecule has 138 valence electrons. The lowest BCUT2D eigenvalue weighted by atomic mass is 9.89. The monoisotopic (exact) mass is 372 g/mol. The topological polar surface area (TPSA) is 90.7 Å². The fourth-order valence-corrected chi connectivity index (χ4v) is 3.16. The minimum Gasteiger partial charge on any atom is -0.465 e. The third kappa shape index (κ3) is 3.63. The second kappa shape index (κ2) is 7.27. The quantitative estimate of drug-likeness (QED) is 0.784. The minimum absolute atomic E-state index is 0. The predicted octanol–water partition coefficient (Wildman–Crippen LogP) is 1.65. The molecule has 1 aliphatic heterocycles. The average Bonchev–Trinajstić information content (AvgIpc) is 3.34. The first kappa shape index (κ1) is 19.6. The molecule has 25 heavy (non-hydrogen) atoms. The maximum atomic E-state index is 14.5. The summed E-state index contributed by atoms with van der Waals surface area (Å²) in [6.45, 7) is 0.841. The van der Waals surface area contributed by atoms with Crippen LogP contribution in [-0.4, -0.2) is 37.7 Å². The second-order valence-electron chi connectivity index (χ2n) is 6.46. The van der Waals surface area contributed by atoms with Gasteiger partial charge in [0.05, 0.1) is 23.8 Å². The Morgan fingerprint density at radius 3 is 2.44 bits per heavy atom. The van der Waals surface area contributed by atoms with E-state index in [1.165, 1.54) is 25.3 Å². The highest BCUT2D eigenvalue weighted by Gasteiger charge is 2.52. The van der Waals surface area contributed by atoms with E-state index in [2.05, 4.69) is 5.32 Å². The molecular weight excluding hydrogens is 351 g/mol. The summed E-state index contributed by atoms with van der Waals surface area (Å²) in [4.78, 5) is 24.6. The standard InChI is InChI=1S/C17H21FN2O4.ClH/c1-23-14(21)11-3-2-4-12(18)13(11)17(5-6-17)20-15(22)16(19)7-9-24-10-8-16;/h2-4H,5-10,19H2,1H3,(H,20,22);1H. The lowest BCUT2D eigenvalue weighted by Gasteiger charge is -2.34. The van der Waals surface area contributed by atoms with Gasteiger partial charge in [-0.15, -0.1) is 12.4 Å². The molecule has 6 nitrogen and oxygen atoms in total. The zero-order valence-corrected chi connectivity index (χ0v) is 14.8. The molecule has 1 amide bonds. The zero-order chi connectivity index (χ0) is 17.4. The van der Waals surface area contributed by atoms with Gasteiger partial charge in [-0.3, -0.25) is 4.79 Å². The Balaban J connectivity index is 0.00000225. The van der Waals surface area contributed by atoms with Crippen LogP contribution in [-0.2, 0) is 19.8 Å². The largest absolute Gasteiger partial charge is 0.465 e. The highest BCUT2D eigenvalue weighted by molar-refractivity contribution is 5.93. The fraction of sp³-hybridized carbons (Fsp3) is 0.529. The third-order valence-corrected chi connectivity index (χ3v) is 4.84. The van der Waals surface area contributed by atoms with Crippen molar-refractivity contribution in [1.82, 2.24) is 5.32 Å². The van der Waals surface area contributed by atoms with Crippen molar-refractivity contribution in [2.45, 2.75) is 36.8 Å². The molecule has 1 saturated heterocycles. The summed E-state index contributed by atoms with van der Waals surface area (Å²) in [5, 5.41) is 2.89. The van der Waals surface area contributed by atoms with Crippen LogP contribution in [0.3, 0.4) is 0 Å². The molecule has 0 aromatic heterocycles. The Bertz CT molecular complexity index is 673. The van der Waals surface area contributed by atoms with Crippen LogP contribution in [0.25, 0.3) is 0 Å². The summed E-state index contributed by atoms with van der Waals surface area (Å²) in [7, 11) is 1.24. The number of hydrogen-bond acceptors (Lipinski definition) is 5. The van der Waals surface area contributed by atoms with Gasteiger partial charge in [0.2, 0.25) is 5.91 Å². The lowest BCUT2D eigenvalue weighted by molar-refractivity contribution is -0.130. The van der Waals surface area contributed by atoms with Crippen LogP contribution in [0, 0.1) is 5.82 Å². The zero-order valence-electron chi connectivity index (χ0n) is 14.0. The SMILES string of the molecule is COC(=O)c1cccc(F)c1C1(NC(=O)C2(N)CCOCC2)CC1.Cl. The van der Waals surface area contributed by atoms with Crippen molar-refractivity contribution < 1.29 is 23.5 Å². The summed E-state index contributed by atoms with van der Waals surface area (Å²) in [5.74, 6) is -1.49. The van der Waals surface area contributed by atoms with E-state index in [0.717, 1.165) is 0 Å². The summed E-state index contributed by atoms with van der Waals surface area (Å²) < 4.78 is 24.4. The number of esters is 1. The normalized spacial score (nSPS) is 20.1. The summed E-state index contributed by atoms with van der Waals surface area (Å²) in [6, 6.07) is 4.23. The van der Waals surface area contributed by atoms with Gasteiger partial charge in [-0.1, -0.05) is 6.07 Å². The second-order valence-corrected chi connectivity index (χ2v) is 6.46. The van der Waals surface area contributed by atoms with E-state index < -0.39 is 22.9 Å². The van der Waals surface area contributed by atoms with Crippen molar-refractivity contribution in [2.24, 2.45) is 5.73 Å². The fourth-order valence-electron chi connectivity index (χ4n) is 3.16. The average molecular weight is 373 g/mol. The van der Waals surface area contributed by atoms with Crippen molar-refractivity contribution in [3.05, 3.63) is 35.1 Å². The van der Waals surface area contributed by atoms with Gasteiger partial charge in [-0.25, -0.2) is 9.18 Å². The molecule has 0 bridgehead atoms. The van der Waals surface area contributed by atoms with Gasteiger partial charge >= 0.3 is 5.97 Å². The van der Waals surface area contributed by atoms with E-state index >= 15 is 0 Å². The molecule has 1 heterocycles. The van der Waals surface area contributed by atoms with Gasteiger partial charge in [0.25, 0.3) is 0 Å². The third-order valence-electron chi connectivity index (χ3n) is 4.84. The summed E-state index contributed by atoms with van der Waals surface area (Å²) in [6.07, 6.45) is 1.93. The molecule has 0 atom stereocenters. The molecule has 1 saturated carbocycles. The Labute approximate surface area is 151 Å². The van der Waals surface area contributed by atoms with Gasteiger partial charge < -0.3 is 20.5 Å². The summed E-state index contributed by atoms with van der Waals surface area (Å²) >= 11 is 0. The highest BCUT2D eigenvalue weighted by Crippen LogP contribution is 2.48. The molecule has 2 fully saturated rings. The van der Waals surface area contributed by atoms with E-state index in [0.29, 0.717) is 38.9 Å². The maximum absolute atomic E-state index is 14.5. The number of benzene rings is 1. The molecule has 8 heteroatoms. The smallest absolute Gasteiger partial charge is 0.338 e. The van der Waals surface area contributed by atoms with Crippen LogP contribution in [0.2, 0.25) is 0 Å². The van der Waals surface area contributed by atoms with E-state index in [1.54, 1.807) is 0 Å². The van der Waals surface area contributed by atoms with Crippen LogP contribution in [0.1, 0.15) is 41.6 Å². The molecule has 0 radical (unpaired) electrons. The first-order valence-corrected chi connectivity index (χ1v) is 7.98. The van der Waals surface area contributed by atoms with E-state index in [4.69, 9.17) is 15.2 Å². The lowest BCUT2D eigenvalue weighted by Crippen LogP contribution is -2.59. The minimum atomic E-state index is -1.02. The number of carbonyl (C=O) groups excluding carboxylic acids is 2. The number of amides is 1. The predicted molar refractivity (Wildman–Crippen MR) is 91.0 cm³/mol. The number of halogens is 2. The van der Waals surface area contributed by atoms with Gasteiger partial charge in [-0.05, 0) is 37.8 Å². The van der Waals surface area contributed by atoms with Crippen molar-refractivity contribution in [1.29, 1.82) is 0 Å². The number of carbonyl (C=O) groups is 2. The Morgan fingerprint density at radius 2 is 1.88 bits per heavy atom. The molecule has 1 aliphatic carbocycles. The van der Waals surface area contributed by atoms with Crippen molar-refractivity contribution in [2.75, 3.05) is 20.3 Å². The van der Waals surface area contributed by atoms with Crippen molar-refractivity contribution in [3.63, 3.8) is 0 Å². The van der Waals surface area contributed by atoms with Crippen LogP contribution >= 0.6 is 12.4 Å². The molecule has 3 rings (SSSR count). The number of nitrogens with one attached hydrogen (secondary N) is 1. The molecule has 3 N–H and O–H groups in total. The number of nitrogens with two attached hydrogens (primary N) is 1. The molecule has 0 spiro atoms. The van der Waals surface area contributed by atoms with Gasteiger partial charge in [0, 0.05) is 18.8 Å². The van der Waals surface area contributed by atoms with Crippen LogP contribution in [0.15, 0.2) is 18.2 Å². The number of rotatable bonds is 4. The Hall–Kier alpha value is -1.70. The molecule has 1 aromatic carbocycles. The van der Waals surface area contributed by atoms with E-state index in [9.17, 15) is 14.0 Å². The Morgan fingerprint density at radius 1 is 1.24 bits per heavy atom. The molecule has 0 unspecified atom stereocenters. The van der Waals surface area contributed by atoms with Crippen molar-refractivity contribution in [3.8, 4) is 0 Å². The first-order chi connectivity index (χ1) is 11.4. The van der Waals surface area contributed by atoms with Crippen molar-refractivity contribution >= 4 is 24.3 Å². The maximum Gasteiger partial charge on any atom is 0.338 e. The van der Waals surface area contributed by atoms with Gasteiger partial charge in [0.15, 0.2) is 0 Å². The number of hydrogen-bond donors (Lipinski definition) is 2. The van der Waals surface area contributed by atoms with Crippen LogP contribution in [0.5, 0.6) is 0 Å². The van der Waals surface area contributed by atoms with Gasteiger partial charge in [-0.2, -0.15) is 0 Å². The molecule has 1 aromatic rings. The molecular formula is C17H22ClFN2O4. The molecule has 2 aliphatic rings. The highest BCUT2D eigenvalue weighted by atomic mass is 35.5. The first-order valence-electron chi connectivity index (χ1n) is 7.98. The number of methoxy groups -OCH3 is 1. The van der Waals surface area contributed by atoms with E-state index in [1.807, 2.05) is 0 Å².